The Morgan fingerprint density at radius 2 is 1.46 bits per heavy atom. The molecule has 0 spiro atoms. The lowest BCUT2D eigenvalue weighted by Crippen LogP contribution is -2.49. The summed E-state index contributed by atoms with van der Waals surface area (Å²) in [6.45, 7) is 5.38. The Hall–Kier alpha value is -2.78. The van der Waals surface area contributed by atoms with Crippen LogP contribution in [0.1, 0.15) is 5.56 Å². The van der Waals surface area contributed by atoms with Crippen molar-refractivity contribution in [1.82, 2.24) is 4.90 Å². The van der Waals surface area contributed by atoms with Crippen LogP contribution in [-0.4, -0.2) is 43.7 Å². The minimum atomic E-state index is 0.268. The maximum atomic E-state index is 6.26. The zero-order valence-corrected chi connectivity index (χ0v) is 16.1. The Bertz CT molecular complexity index is 918. The van der Waals surface area contributed by atoms with Crippen LogP contribution in [0.4, 0.5) is 5.69 Å². The molecule has 0 amide bonds. The molecule has 0 radical (unpaired) electrons. The van der Waals surface area contributed by atoms with Gasteiger partial charge in [0.25, 0.3) is 0 Å². The minimum absolute atomic E-state index is 0.268. The lowest BCUT2D eigenvalue weighted by molar-refractivity contribution is 0.145. The first-order valence-corrected chi connectivity index (χ1v) is 10.2. The first-order chi connectivity index (χ1) is 13.8. The average Bonchev–Trinajstić information content (AvgIpc) is 3.17. The van der Waals surface area contributed by atoms with Gasteiger partial charge in [-0.1, -0.05) is 54.6 Å². The van der Waals surface area contributed by atoms with E-state index in [4.69, 9.17) is 4.74 Å². The van der Waals surface area contributed by atoms with E-state index in [2.05, 4.69) is 88.7 Å². The number of anilines is 1. The van der Waals surface area contributed by atoms with Gasteiger partial charge in [0.1, 0.15) is 11.9 Å². The van der Waals surface area contributed by atoms with Gasteiger partial charge in [0.05, 0.1) is 0 Å². The fourth-order valence-electron chi connectivity index (χ4n) is 4.35. The Morgan fingerprint density at radius 1 is 0.750 bits per heavy atom. The zero-order valence-electron chi connectivity index (χ0n) is 16.1. The number of fused-ring (bicyclic) bond motifs is 1. The summed E-state index contributed by atoms with van der Waals surface area (Å²) in [6.07, 6.45) is 1.28. The molecule has 2 aliphatic rings. The van der Waals surface area contributed by atoms with Gasteiger partial charge in [-0.15, -0.1) is 0 Å². The van der Waals surface area contributed by atoms with Crippen molar-refractivity contribution in [2.75, 3.05) is 37.6 Å². The molecular weight excluding hydrogens is 344 g/mol. The van der Waals surface area contributed by atoms with E-state index in [-0.39, 0.29) is 6.10 Å². The lowest BCUT2D eigenvalue weighted by Gasteiger charge is -2.36. The van der Waals surface area contributed by atoms with Crippen LogP contribution in [0.25, 0.3) is 11.1 Å². The largest absolute Gasteiger partial charge is 0.488 e. The highest BCUT2D eigenvalue weighted by Gasteiger charge is 2.27. The van der Waals surface area contributed by atoms with Crippen LogP contribution < -0.4 is 9.64 Å². The predicted molar refractivity (Wildman–Crippen MR) is 115 cm³/mol. The van der Waals surface area contributed by atoms with Gasteiger partial charge in [0.2, 0.25) is 0 Å². The minimum Gasteiger partial charge on any atom is -0.488 e. The van der Waals surface area contributed by atoms with Gasteiger partial charge in [-0.2, -0.15) is 0 Å². The second kappa shape index (κ2) is 7.69. The van der Waals surface area contributed by atoms with Crippen molar-refractivity contribution in [3.05, 3.63) is 84.4 Å². The fraction of sp³-hybridized carbons (Fsp3) is 0.280. The van der Waals surface area contributed by atoms with Crippen LogP contribution >= 0.6 is 0 Å². The van der Waals surface area contributed by atoms with E-state index < -0.39 is 0 Å². The normalized spacial score (nSPS) is 19.3. The average molecular weight is 370 g/mol. The molecule has 1 fully saturated rings. The van der Waals surface area contributed by atoms with Crippen molar-refractivity contribution >= 4 is 5.69 Å². The molecule has 5 rings (SSSR count). The molecule has 0 saturated carbocycles. The maximum Gasteiger partial charge on any atom is 0.123 e. The summed E-state index contributed by atoms with van der Waals surface area (Å²) in [4.78, 5) is 5.03. The summed E-state index contributed by atoms with van der Waals surface area (Å²) < 4.78 is 6.26. The molecule has 0 aromatic heterocycles. The smallest absolute Gasteiger partial charge is 0.123 e. The van der Waals surface area contributed by atoms with Crippen LogP contribution in [-0.2, 0) is 6.42 Å². The van der Waals surface area contributed by atoms with E-state index in [0.717, 1.165) is 44.9 Å². The predicted octanol–water partition coefficient (Wildman–Crippen LogP) is 4.48. The molecule has 3 aromatic rings. The van der Waals surface area contributed by atoms with E-state index in [9.17, 15) is 0 Å². The van der Waals surface area contributed by atoms with Crippen LogP contribution in [0.15, 0.2) is 78.9 Å². The molecule has 1 atom stereocenters. The SMILES string of the molecule is c1ccc(-c2ccc3c(c2)CC(CN2CCN(c4ccccc4)CC2)O3)cc1. The summed E-state index contributed by atoms with van der Waals surface area (Å²) in [7, 11) is 0. The van der Waals surface area contributed by atoms with Gasteiger partial charge in [-0.25, -0.2) is 0 Å². The third kappa shape index (κ3) is 3.63. The molecule has 0 N–H and O–H groups in total. The molecule has 3 nitrogen and oxygen atoms in total. The highest BCUT2D eigenvalue weighted by molar-refractivity contribution is 5.66. The van der Waals surface area contributed by atoms with Crippen molar-refractivity contribution in [2.24, 2.45) is 0 Å². The lowest BCUT2D eigenvalue weighted by atomic mass is 10.0. The summed E-state index contributed by atoms with van der Waals surface area (Å²) in [5, 5.41) is 0. The van der Waals surface area contributed by atoms with E-state index in [1.807, 2.05) is 0 Å². The van der Waals surface area contributed by atoms with Crippen LogP contribution in [0.5, 0.6) is 5.75 Å². The quantitative estimate of drug-likeness (QED) is 0.673. The van der Waals surface area contributed by atoms with E-state index in [1.165, 1.54) is 22.4 Å². The van der Waals surface area contributed by atoms with Gasteiger partial charge in [-0.3, -0.25) is 4.90 Å². The fourth-order valence-corrected chi connectivity index (χ4v) is 4.35. The number of ether oxygens (including phenoxy) is 1. The number of rotatable bonds is 4. The number of hydrogen-bond donors (Lipinski definition) is 0. The summed E-state index contributed by atoms with van der Waals surface area (Å²) in [5.74, 6) is 1.06. The third-order valence-corrected chi connectivity index (χ3v) is 5.86. The molecule has 142 valence electrons. The molecule has 3 heteroatoms. The van der Waals surface area contributed by atoms with Gasteiger partial charge in [-0.05, 0) is 41.0 Å². The molecule has 0 bridgehead atoms. The number of benzene rings is 3. The number of nitrogens with zero attached hydrogens (tertiary/aromatic N) is 2. The van der Waals surface area contributed by atoms with Crippen molar-refractivity contribution < 1.29 is 4.74 Å². The highest BCUT2D eigenvalue weighted by Crippen LogP contribution is 2.33. The first-order valence-electron chi connectivity index (χ1n) is 10.2. The Kier molecular flexibility index (Phi) is 4.76. The number of para-hydroxylation sites is 1. The molecule has 2 heterocycles. The van der Waals surface area contributed by atoms with E-state index in [0.29, 0.717) is 0 Å². The zero-order chi connectivity index (χ0) is 18.8. The molecule has 1 saturated heterocycles. The Balaban J connectivity index is 1.19. The summed E-state index contributed by atoms with van der Waals surface area (Å²) >= 11 is 0. The van der Waals surface area contributed by atoms with Crippen molar-refractivity contribution in [2.45, 2.75) is 12.5 Å². The van der Waals surface area contributed by atoms with Gasteiger partial charge >= 0.3 is 0 Å². The topological polar surface area (TPSA) is 15.7 Å². The summed E-state index contributed by atoms with van der Waals surface area (Å²) in [5.41, 5.74) is 5.22. The van der Waals surface area contributed by atoms with Gasteiger partial charge in [0.15, 0.2) is 0 Å². The molecule has 28 heavy (non-hydrogen) atoms. The maximum absolute atomic E-state index is 6.26. The van der Waals surface area contributed by atoms with Crippen LogP contribution in [0.2, 0.25) is 0 Å². The van der Waals surface area contributed by atoms with Crippen molar-refractivity contribution in [1.29, 1.82) is 0 Å². The summed E-state index contributed by atoms with van der Waals surface area (Å²) in [6, 6.07) is 27.9. The standard InChI is InChI=1S/C25H26N2O/c1-3-7-20(8-4-1)21-11-12-25-22(17-21)18-24(28-25)19-26-13-15-27(16-14-26)23-9-5-2-6-10-23/h1-12,17,24H,13-16,18-19H2. The first kappa shape index (κ1) is 17.3. The van der Waals surface area contributed by atoms with Crippen LogP contribution in [0, 0.1) is 0 Å². The van der Waals surface area contributed by atoms with Crippen molar-refractivity contribution in [3.8, 4) is 16.9 Å². The molecule has 1 unspecified atom stereocenters. The molecule has 0 aliphatic carbocycles. The highest BCUT2D eigenvalue weighted by atomic mass is 16.5. The molecular formula is C25H26N2O. The monoisotopic (exact) mass is 370 g/mol. The Morgan fingerprint density at radius 3 is 2.21 bits per heavy atom. The van der Waals surface area contributed by atoms with Gasteiger partial charge < -0.3 is 9.64 Å². The van der Waals surface area contributed by atoms with Crippen LogP contribution in [0.3, 0.4) is 0 Å². The van der Waals surface area contributed by atoms with E-state index >= 15 is 0 Å². The Labute approximate surface area is 167 Å². The third-order valence-electron chi connectivity index (χ3n) is 5.86. The number of hydrogen-bond acceptors (Lipinski definition) is 3. The molecule has 2 aliphatic heterocycles. The van der Waals surface area contributed by atoms with Gasteiger partial charge in [0, 0.05) is 44.8 Å². The molecule has 3 aromatic carbocycles. The second-order valence-electron chi connectivity index (χ2n) is 7.76. The van der Waals surface area contributed by atoms with E-state index in [1.54, 1.807) is 0 Å². The second-order valence-corrected chi connectivity index (χ2v) is 7.76. The van der Waals surface area contributed by atoms with Crippen molar-refractivity contribution in [3.63, 3.8) is 0 Å². The number of piperazine rings is 1.